The van der Waals surface area contributed by atoms with Gasteiger partial charge in [-0.2, -0.15) is 4.99 Å². The molecular formula is C23H20ClN3O4S. The van der Waals surface area contributed by atoms with Crippen molar-refractivity contribution in [2.45, 2.75) is 27.3 Å². The summed E-state index contributed by atoms with van der Waals surface area (Å²) in [6.45, 7) is 5.59. The van der Waals surface area contributed by atoms with Crippen LogP contribution in [0.4, 0.5) is 0 Å². The van der Waals surface area contributed by atoms with E-state index in [0.717, 1.165) is 21.3 Å². The Hall–Kier alpha value is -3.23. The third-order valence-electron chi connectivity index (χ3n) is 5.22. The second-order valence-corrected chi connectivity index (χ2v) is 8.73. The number of amides is 1. The van der Waals surface area contributed by atoms with Crippen molar-refractivity contribution in [3.8, 4) is 11.3 Å². The first-order valence-electron chi connectivity index (χ1n) is 9.77. The normalized spacial score (nSPS) is 11.8. The lowest BCUT2D eigenvalue weighted by atomic mass is 10.1. The van der Waals surface area contributed by atoms with Gasteiger partial charge in [-0.25, -0.2) is 0 Å². The number of aromatic nitrogens is 2. The minimum absolute atomic E-state index is 0.0644. The molecule has 0 radical (unpaired) electrons. The summed E-state index contributed by atoms with van der Waals surface area (Å²) in [5, 5.41) is 4.49. The number of nitrogens with zero attached hydrogens (tertiary/aromatic N) is 3. The first-order chi connectivity index (χ1) is 15.3. The van der Waals surface area contributed by atoms with Crippen LogP contribution in [-0.2, 0) is 16.1 Å². The zero-order chi connectivity index (χ0) is 23.0. The van der Waals surface area contributed by atoms with E-state index < -0.39 is 11.9 Å². The van der Waals surface area contributed by atoms with Gasteiger partial charge in [0.05, 0.1) is 22.3 Å². The lowest BCUT2D eigenvalue weighted by Gasteiger charge is -2.06. The molecule has 0 saturated heterocycles. The highest BCUT2D eigenvalue weighted by Crippen LogP contribution is 2.31. The predicted molar refractivity (Wildman–Crippen MR) is 123 cm³/mol. The van der Waals surface area contributed by atoms with Crippen molar-refractivity contribution < 1.29 is 18.8 Å². The SMILES string of the molecule is COC(=O)Cn1c(=NC(=O)c2c(-c3ccccc3Cl)noc2C)sc2cc(C)c(C)cc21. The fourth-order valence-corrected chi connectivity index (χ4v) is 4.69. The number of hydrogen-bond acceptors (Lipinski definition) is 6. The van der Waals surface area contributed by atoms with Gasteiger partial charge in [-0.15, -0.1) is 0 Å². The molecule has 0 unspecified atom stereocenters. The number of aryl methyl sites for hydroxylation is 3. The number of thiazole rings is 1. The summed E-state index contributed by atoms with van der Waals surface area (Å²) in [5.41, 5.74) is 4.13. The molecule has 0 aliphatic rings. The van der Waals surface area contributed by atoms with Crippen LogP contribution in [0.25, 0.3) is 21.5 Å². The summed E-state index contributed by atoms with van der Waals surface area (Å²) in [6.07, 6.45) is 0. The van der Waals surface area contributed by atoms with E-state index in [9.17, 15) is 9.59 Å². The zero-order valence-corrected chi connectivity index (χ0v) is 19.5. The molecule has 0 aliphatic carbocycles. The van der Waals surface area contributed by atoms with E-state index in [1.165, 1.54) is 18.4 Å². The third kappa shape index (κ3) is 3.99. The Kier molecular flexibility index (Phi) is 5.99. The molecular weight excluding hydrogens is 450 g/mol. The van der Waals surface area contributed by atoms with Gasteiger partial charge >= 0.3 is 5.97 Å². The molecule has 0 bridgehead atoms. The number of halogens is 1. The molecule has 0 aliphatic heterocycles. The summed E-state index contributed by atoms with van der Waals surface area (Å²) < 4.78 is 12.7. The smallest absolute Gasteiger partial charge is 0.325 e. The van der Waals surface area contributed by atoms with Crippen molar-refractivity contribution in [2.75, 3.05) is 7.11 Å². The maximum absolute atomic E-state index is 13.3. The highest BCUT2D eigenvalue weighted by Gasteiger charge is 2.23. The van der Waals surface area contributed by atoms with Crippen LogP contribution in [0, 0.1) is 20.8 Å². The van der Waals surface area contributed by atoms with Crippen molar-refractivity contribution in [2.24, 2.45) is 4.99 Å². The molecule has 0 fully saturated rings. The number of esters is 1. The molecule has 4 rings (SSSR count). The largest absolute Gasteiger partial charge is 0.468 e. The van der Waals surface area contributed by atoms with E-state index in [0.29, 0.717) is 26.8 Å². The van der Waals surface area contributed by atoms with Gasteiger partial charge in [-0.05, 0) is 50.1 Å². The molecule has 1 amide bonds. The molecule has 9 heteroatoms. The number of methoxy groups -OCH3 is 1. The Morgan fingerprint density at radius 2 is 1.91 bits per heavy atom. The van der Waals surface area contributed by atoms with Crippen LogP contribution in [0.15, 0.2) is 45.9 Å². The number of benzene rings is 2. The van der Waals surface area contributed by atoms with Crippen LogP contribution in [0.1, 0.15) is 27.2 Å². The van der Waals surface area contributed by atoms with Gasteiger partial charge in [0.2, 0.25) is 0 Å². The first kappa shape index (κ1) is 22.0. The number of hydrogen-bond donors (Lipinski definition) is 0. The molecule has 0 saturated carbocycles. The van der Waals surface area contributed by atoms with Gasteiger partial charge < -0.3 is 13.8 Å². The van der Waals surface area contributed by atoms with Gasteiger partial charge in [0.15, 0.2) is 4.80 Å². The molecule has 2 heterocycles. The fraction of sp³-hybridized carbons (Fsp3) is 0.217. The molecule has 2 aromatic carbocycles. The average molecular weight is 470 g/mol. The van der Waals surface area contributed by atoms with Gasteiger partial charge in [-0.3, -0.25) is 9.59 Å². The summed E-state index contributed by atoms with van der Waals surface area (Å²) >= 11 is 7.64. The summed E-state index contributed by atoms with van der Waals surface area (Å²) in [6, 6.07) is 11.1. The van der Waals surface area contributed by atoms with Gasteiger partial charge in [0, 0.05) is 5.56 Å². The summed E-state index contributed by atoms with van der Waals surface area (Å²) in [4.78, 5) is 30.1. The van der Waals surface area contributed by atoms with E-state index in [1.54, 1.807) is 35.8 Å². The predicted octanol–water partition coefficient (Wildman–Crippen LogP) is 4.85. The topological polar surface area (TPSA) is 86.7 Å². The molecule has 4 aromatic rings. The van der Waals surface area contributed by atoms with E-state index in [1.807, 2.05) is 26.0 Å². The highest BCUT2D eigenvalue weighted by atomic mass is 35.5. The molecule has 2 aromatic heterocycles. The molecule has 7 nitrogen and oxygen atoms in total. The van der Waals surface area contributed by atoms with Gasteiger partial charge in [-0.1, -0.05) is 46.3 Å². The average Bonchev–Trinajstić information content (AvgIpc) is 3.29. The molecule has 32 heavy (non-hydrogen) atoms. The number of carbonyl (C=O) groups excluding carboxylic acids is 2. The monoisotopic (exact) mass is 469 g/mol. The molecule has 0 spiro atoms. The van der Waals surface area contributed by atoms with Crippen LogP contribution in [-0.4, -0.2) is 28.7 Å². The van der Waals surface area contributed by atoms with E-state index in [2.05, 4.69) is 10.1 Å². The van der Waals surface area contributed by atoms with Crippen molar-refractivity contribution in [1.82, 2.24) is 9.72 Å². The standard InChI is InChI=1S/C23H20ClN3O4S/c1-12-9-17-18(10-13(12)2)32-23(27(17)11-19(28)30-4)25-22(29)20-14(3)31-26-21(20)15-7-5-6-8-16(15)24/h5-10H,11H2,1-4H3. The number of carbonyl (C=O) groups is 2. The van der Waals surface area contributed by atoms with Crippen molar-refractivity contribution >= 4 is 45.0 Å². The summed E-state index contributed by atoms with van der Waals surface area (Å²) in [7, 11) is 1.32. The quantitative estimate of drug-likeness (QED) is 0.399. The van der Waals surface area contributed by atoms with E-state index >= 15 is 0 Å². The van der Waals surface area contributed by atoms with Gasteiger partial charge in [0.25, 0.3) is 5.91 Å². The van der Waals surface area contributed by atoms with Crippen molar-refractivity contribution in [3.05, 3.63) is 68.7 Å². The summed E-state index contributed by atoms with van der Waals surface area (Å²) in [5.74, 6) is -0.631. The minimum atomic E-state index is -0.530. The van der Waals surface area contributed by atoms with Gasteiger partial charge in [0.1, 0.15) is 23.6 Å². The first-order valence-corrected chi connectivity index (χ1v) is 11.0. The fourth-order valence-electron chi connectivity index (χ4n) is 3.36. The Morgan fingerprint density at radius 1 is 1.19 bits per heavy atom. The lowest BCUT2D eigenvalue weighted by molar-refractivity contribution is -0.141. The second kappa shape index (κ2) is 8.72. The van der Waals surface area contributed by atoms with Crippen molar-refractivity contribution in [3.63, 3.8) is 0 Å². The number of ether oxygens (including phenoxy) is 1. The Labute approximate surface area is 192 Å². The van der Waals surface area contributed by atoms with Crippen molar-refractivity contribution in [1.29, 1.82) is 0 Å². The Morgan fingerprint density at radius 3 is 2.62 bits per heavy atom. The number of fused-ring (bicyclic) bond motifs is 1. The van der Waals surface area contributed by atoms with Crippen LogP contribution in [0.3, 0.4) is 0 Å². The minimum Gasteiger partial charge on any atom is -0.468 e. The van der Waals surface area contributed by atoms with E-state index in [4.69, 9.17) is 20.9 Å². The van der Waals surface area contributed by atoms with Crippen LogP contribution in [0.2, 0.25) is 5.02 Å². The maximum atomic E-state index is 13.3. The van der Waals surface area contributed by atoms with Crippen LogP contribution < -0.4 is 4.80 Å². The lowest BCUT2D eigenvalue weighted by Crippen LogP contribution is -2.22. The maximum Gasteiger partial charge on any atom is 0.325 e. The van der Waals surface area contributed by atoms with Crippen LogP contribution in [0.5, 0.6) is 0 Å². The third-order valence-corrected chi connectivity index (χ3v) is 6.59. The van der Waals surface area contributed by atoms with E-state index in [-0.39, 0.29) is 12.1 Å². The molecule has 164 valence electrons. The number of rotatable bonds is 4. The zero-order valence-electron chi connectivity index (χ0n) is 17.9. The molecule has 0 N–H and O–H groups in total. The second-order valence-electron chi connectivity index (χ2n) is 7.31. The van der Waals surface area contributed by atoms with Crippen LogP contribution >= 0.6 is 22.9 Å². The Balaban J connectivity index is 1.90. The Bertz CT molecular complexity index is 1430. The highest BCUT2D eigenvalue weighted by molar-refractivity contribution is 7.16. The molecule has 0 atom stereocenters.